The third-order valence-electron chi connectivity index (χ3n) is 3.31. The van der Waals surface area contributed by atoms with E-state index in [0.717, 1.165) is 23.9 Å². The van der Waals surface area contributed by atoms with Crippen LogP contribution in [0.1, 0.15) is 23.1 Å². The lowest BCUT2D eigenvalue weighted by Gasteiger charge is -2.31. The number of halogens is 6. The zero-order valence-corrected chi connectivity index (χ0v) is 12.5. The molecule has 25 heavy (non-hydrogen) atoms. The Hall–Kier alpha value is -2.34. The summed E-state index contributed by atoms with van der Waals surface area (Å²) in [5, 5.41) is 9.66. The molecule has 1 atom stereocenters. The number of fused-ring (bicyclic) bond motifs is 1. The Morgan fingerprint density at radius 1 is 1.32 bits per heavy atom. The van der Waals surface area contributed by atoms with Gasteiger partial charge in [-0.3, -0.25) is 20.3 Å². The summed E-state index contributed by atoms with van der Waals surface area (Å²) in [7, 11) is 0.817. The SMILES string of the molecule is CONC(=C1C(=O)c2cccc[n+]2C(CC(F)(F)F)N1O)C(F)(F)F. The Bertz CT molecular complexity index is 701. The molecule has 6 nitrogen and oxygen atoms in total. The van der Waals surface area contributed by atoms with Gasteiger partial charge >= 0.3 is 12.4 Å². The first kappa shape index (κ1) is 19.0. The highest BCUT2D eigenvalue weighted by molar-refractivity contribution is 6.06. The van der Waals surface area contributed by atoms with Crippen LogP contribution in [-0.2, 0) is 4.84 Å². The predicted molar refractivity (Wildman–Crippen MR) is 67.5 cm³/mol. The van der Waals surface area contributed by atoms with Gasteiger partial charge in [0.05, 0.1) is 7.11 Å². The number of ketones is 1. The van der Waals surface area contributed by atoms with E-state index in [0.29, 0.717) is 0 Å². The maximum absolute atomic E-state index is 13.2. The molecule has 1 unspecified atom stereocenters. The van der Waals surface area contributed by atoms with Crippen LogP contribution in [0.2, 0.25) is 0 Å². The molecular formula is C13H12F6N3O3+. The maximum Gasteiger partial charge on any atom is 0.435 e. The molecule has 1 aromatic rings. The first-order valence-electron chi connectivity index (χ1n) is 6.67. The number of carbonyl (C=O) groups excluding carboxylic acids is 1. The lowest BCUT2D eigenvalue weighted by Crippen LogP contribution is -2.59. The number of nitrogens with one attached hydrogen (secondary N) is 1. The van der Waals surface area contributed by atoms with Crippen molar-refractivity contribution < 1.29 is 45.7 Å². The van der Waals surface area contributed by atoms with Gasteiger partial charge in [0.25, 0.3) is 17.6 Å². The van der Waals surface area contributed by atoms with E-state index in [1.165, 1.54) is 17.6 Å². The van der Waals surface area contributed by atoms with E-state index in [4.69, 9.17) is 0 Å². The van der Waals surface area contributed by atoms with Crippen molar-refractivity contribution in [2.75, 3.05) is 7.11 Å². The summed E-state index contributed by atoms with van der Waals surface area (Å²) < 4.78 is 78.6. The molecule has 2 rings (SSSR count). The molecule has 0 saturated heterocycles. The molecule has 1 aromatic heterocycles. The molecule has 0 radical (unpaired) electrons. The van der Waals surface area contributed by atoms with E-state index >= 15 is 0 Å². The number of hydrogen-bond acceptors (Lipinski definition) is 5. The molecule has 0 bridgehead atoms. The average molecular weight is 372 g/mol. The van der Waals surface area contributed by atoms with Gasteiger partial charge < -0.3 is 0 Å². The van der Waals surface area contributed by atoms with Gasteiger partial charge in [-0.05, 0) is 6.07 Å². The Balaban J connectivity index is 2.70. The quantitative estimate of drug-likeness (QED) is 0.369. The maximum atomic E-state index is 13.2. The van der Waals surface area contributed by atoms with Crippen LogP contribution >= 0.6 is 0 Å². The molecule has 0 saturated carbocycles. The lowest BCUT2D eigenvalue weighted by atomic mass is 10.1. The highest BCUT2D eigenvalue weighted by Gasteiger charge is 2.52. The summed E-state index contributed by atoms with van der Waals surface area (Å²) in [6.45, 7) is 0. The predicted octanol–water partition coefficient (Wildman–Crippen LogP) is 2.24. The second kappa shape index (κ2) is 6.52. The number of nitrogens with zero attached hydrogens (tertiary/aromatic N) is 2. The van der Waals surface area contributed by atoms with Gasteiger partial charge in [-0.15, -0.1) is 0 Å². The molecule has 2 N–H and O–H groups in total. The Labute approximate surface area is 136 Å². The fraction of sp³-hybridized carbons (Fsp3) is 0.385. The van der Waals surface area contributed by atoms with Crippen LogP contribution in [-0.4, -0.2) is 35.5 Å². The summed E-state index contributed by atoms with van der Waals surface area (Å²) in [5.74, 6) is -1.32. The Kier molecular flexibility index (Phi) is 4.95. The van der Waals surface area contributed by atoms with Gasteiger partial charge in [-0.1, -0.05) is 0 Å². The van der Waals surface area contributed by atoms with Crippen molar-refractivity contribution in [3.8, 4) is 0 Å². The van der Waals surface area contributed by atoms with Crippen molar-refractivity contribution in [2.45, 2.75) is 24.9 Å². The van der Waals surface area contributed by atoms with Gasteiger partial charge in [0, 0.05) is 12.1 Å². The van der Waals surface area contributed by atoms with Crippen LogP contribution in [0, 0.1) is 0 Å². The number of pyridine rings is 1. The van der Waals surface area contributed by atoms with E-state index in [1.54, 1.807) is 0 Å². The highest BCUT2D eigenvalue weighted by atomic mass is 19.4. The van der Waals surface area contributed by atoms with Gasteiger partial charge in [0.2, 0.25) is 0 Å². The van der Waals surface area contributed by atoms with Crippen molar-refractivity contribution in [2.24, 2.45) is 0 Å². The normalized spacial score (nSPS) is 20.4. The summed E-state index contributed by atoms with van der Waals surface area (Å²) in [6, 6.07) is 3.61. The number of allylic oxidation sites excluding steroid dienone is 2. The van der Waals surface area contributed by atoms with Crippen molar-refractivity contribution in [1.29, 1.82) is 0 Å². The van der Waals surface area contributed by atoms with Crippen LogP contribution in [0.25, 0.3) is 0 Å². The molecule has 0 fully saturated rings. The van der Waals surface area contributed by atoms with Crippen LogP contribution in [0.3, 0.4) is 0 Å². The number of aromatic nitrogens is 1. The third-order valence-corrected chi connectivity index (χ3v) is 3.31. The number of alkyl halides is 6. The van der Waals surface area contributed by atoms with Gasteiger partial charge in [-0.2, -0.15) is 36.0 Å². The number of hydrogen-bond donors (Lipinski definition) is 2. The average Bonchev–Trinajstić information content (AvgIpc) is 2.49. The first-order valence-corrected chi connectivity index (χ1v) is 6.67. The van der Waals surface area contributed by atoms with Gasteiger partial charge in [0.15, 0.2) is 17.6 Å². The number of Topliss-reactive ketones (excluding diaryl/α,β-unsaturated/α-hetero) is 1. The summed E-state index contributed by atoms with van der Waals surface area (Å²) >= 11 is 0. The molecule has 0 aromatic carbocycles. The second-order valence-electron chi connectivity index (χ2n) is 4.99. The summed E-state index contributed by atoms with van der Waals surface area (Å²) in [4.78, 5) is 16.5. The van der Waals surface area contributed by atoms with E-state index in [2.05, 4.69) is 4.84 Å². The number of hydroxylamine groups is 3. The minimum atomic E-state index is -5.19. The minimum Gasteiger partial charge on any atom is -0.283 e. The molecule has 12 heteroatoms. The summed E-state index contributed by atoms with van der Waals surface area (Å²) in [6.07, 6.45) is -12.6. The monoisotopic (exact) mass is 372 g/mol. The third kappa shape index (κ3) is 3.85. The Morgan fingerprint density at radius 2 is 1.96 bits per heavy atom. The van der Waals surface area contributed by atoms with Crippen molar-refractivity contribution in [1.82, 2.24) is 10.5 Å². The highest BCUT2D eigenvalue weighted by Crippen LogP contribution is 2.35. The zero-order valence-electron chi connectivity index (χ0n) is 12.5. The first-order chi connectivity index (χ1) is 11.5. The zero-order chi connectivity index (χ0) is 19.0. The molecule has 0 amide bonds. The topological polar surface area (TPSA) is 65.7 Å². The fourth-order valence-corrected chi connectivity index (χ4v) is 2.36. The van der Waals surface area contributed by atoms with Crippen LogP contribution in [0.5, 0.6) is 0 Å². The fourth-order valence-electron chi connectivity index (χ4n) is 2.36. The largest absolute Gasteiger partial charge is 0.435 e. The Morgan fingerprint density at radius 3 is 2.48 bits per heavy atom. The smallest absolute Gasteiger partial charge is 0.283 e. The molecule has 1 aliphatic rings. The van der Waals surface area contributed by atoms with Crippen molar-refractivity contribution in [3.05, 3.63) is 41.5 Å². The molecule has 1 aliphatic heterocycles. The molecular weight excluding hydrogens is 360 g/mol. The van der Waals surface area contributed by atoms with E-state index in [9.17, 15) is 36.3 Å². The molecule has 2 heterocycles. The number of carbonyl (C=O) groups is 1. The standard InChI is InChI=1S/C13H11F6N3O3/c1-25-20-11(13(17,18)19)9-10(23)7-4-2-3-5-21(7)8(22(9)24)6-12(14,15)16/h2-5,8H,6H2,1H3,(H-,20,23,24)/p+1. The summed E-state index contributed by atoms with van der Waals surface area (Å²) in [5.41, 5.74) is -2.25. The lowest BCUT2D eigenvalue weighted by molar-refractivity contribution is -0.762. The van der Waals surface area contributed by atoms with Crippen LogP contribution < -0.4 is 10.0 Å². The molecule has 138 valence electrons. The van der Waals surface area contributed by atoms with Gasteiger partial charge in [-0.25, -0.2) is 0 Å². The molecule has 0 spiro atoms. The minimum absolute atomic E-state index is 0.350. The van der Waals surface area contributed by atoms with Crippen molar-refractivity contribution in [3.63, 3.8) is 0 Å². The van der Waals surface area contributed by atoms with E-state index in [-0.39, 0.29) is 5.06 Å². The number of rotatable bonds is 3. The van der Waals surface area contributed by atoms with Crippen molar-refractivity contribution >= 4 is 5.78 Å². The second-order valence-corrected chi connectivity index (χ2v) is 4.99. The van der Waals surface area contributed by atoms with E-state index < -0.39 is 47.8 Å². The van der Waals surface area contributed by atoms with Gasteiger partial charge in [0.1, 0.15) is 6.42 Å². The van der Waals surface area contributed by atoms with Crippen LogP contribution in [0.15, 0.2) is 35.8 Å². The molecule has 0 aliphatic carbocycles. The van der Waals surface area contributed by atoms with E-state index in [1.807, 2.05) is 0 Å². The van der Waals surface area contributed by atoms with Crippen LogP contribution in [0.4, 0.5) is 26.3 Å².